The fourth-order valence-corrected chi connectivity index (χ4v) is 6.18. The number of nitrogens with zero attached hydrogens (tertiary/aromatic N) is 7. The van der Waals surface area contributed by atoms with Crippen LogP contribution in [0.15, 0.2) is 45.8 Å². The Kier molecular flexibility index (Phi) is 6.73. The Balaban J connectivity index is 1.33. The van der Waals surface area contributed by atoms with E-state index in [1.54, 1.807) is 10.9 Å². The largest absolute Gasteiger partial charge is 0.369 e. The molecule has 2 unspecified atom stereocenters. The van der Waals surface area contributed by atoms with Gasteiger partial charge in [0.2, 0.25) is 5.95 Å². The van der Waals surface area contributed by atoms with Crippen molar-refractivity contribution >= 4 is 34.1 Å². The highest BCUT2D eigenvalue weighted by Gasteiger charge is 2.31. The van der Waals surface area contributed by atoms with Crippen molar-refractivity contribution < 1.29 is 0 Å². The zero-order chi connectivity index (χ0) is 27.1. The molecule has 3 aromatic rings. The van der Waals surface area contributed by atoms with E-state index < -0.39 is 0 Å². The molecule has 9 heteroatoms. The number of aromatic nitrogens is 4. The van der Waals surface area contributed by atoms with Crippen molar-refractivity contribution in [1.29, 1.82) is 0 Å². The Morgan fingerprint density at radius 2 is 2.03 bits per heavy atom. The average Bonchev–Trinajstić information content (AvgIpc) is 3.47. The zero-order valence-electron chi connectivity index (χ0n) is 23.0. The lowest BCUT2D eigenvalue weighted by Gasteiger charge is -2.35. The van der Waals surface area contributed by atoms with Gasteiger partial charge in [-0.15, -0.1) is 6.42 Å². The number of likely N-dealkylation sites (N-methyl/N-ethyl adjacent to an activating group) is 1. The smallest absolute Gasteiger partial charge is 0.278 e. The molecule has 1 saturated heterocycles. The van der Waals surface area contributed by atoms with Crippen LogP contribution in [0.25, 0.3) is 11.0 Å². The van der Waals surface area contributed by atoms with Gasteiger partial charge in [0.25, 0.3) is 5.56 Å². The number of dihydropyridines is 1. The lowest BCUT2D eigenvalue weighted by atomic mass is 10.00. The van der Waals surface area contributed by atoms with Gasteiger partial charge in [-0.1, -0.05) is 18.9 Å². The second-order valence-electron chi connectivity index (χ2n) is 10.9. The highest BCUT2D eigenvalue weighted by molar-refractivity contribution is 6.04. The zero-order valence-corrected chi connectivity index (χ0v) is 23.0. The number of hydrogen-bond donors (Lipinski definition) is 1. The number of nitrogens with one attached hydrogen (secondary N) is 1. The Labute approximate surface area is 229 Å². The molecule has 0 radical (unpaired) electrons. The molecule has 2 aromatic heterocycles. The lowest BCUT2D eigenvalue weighted by molar-refractivity contribution is 0.312. The van der Waals surface area contributed by atoms with E-state index >= 15 is 0 Å². The third-order valence-corrected chi connectivity index (χ3v) is 8.36. The number of hydrogen-bond acceptors (Lipinski definition) is 7. The number of benzene rings is 1. The summed E-state index contributed by atoms with van der Waals surface area (Å²) in [6.07, 6.45) is 13.3. The molecule has 0 spiro atoms. The van der Waals surface area contributed by atoms with Gasteiger partial charge in [-0.05, 0) is 62.6 Å². The minimum absolute atomic E-state index is 0.153. The third kappa shape index (κ3) is 4.63. The molecule has 2 fully saturated rings. The van der Waals surface area contributed by atoms with Crippen LogP contribution in [0.1, 0.15) is 44.3 Å². The van der Waals surface area contributed by atoms with Crippen LogP contribution in [0.2, 0.25) is 0 Å². The maximum absolute atomic E-state index is 13.3. The van der Waals surface area contributed by atoms with Crippen molar-refractivity contribution in [3.8, 4) is 12.3 Å². The van der Waals surface area contributed by atoms with Crippen LogP contribution in [0, 0.1) is 25.2 Å². The summed E-state index contributed by atoms with van der Waals surface area (Å²) in [4.78, 5) is 32.6. The Morgan fingerprint density at radius 1 is 1.21 bits per heavy atom. The van der Waals surface area contributed by atoms with Crippen LogP contribution in [0.3, 0.4) is 0 Å². The summed E-state index contributed by atoms with van der Waals surface area (Å²) >= 11 is 0. The monoisotopic (exact) mass is 524 g/mol. The van der Waals surface area contributed by atoms with Gasteiger partial charge in [0, 0.05) is 61.8 Å². The van der Waals surface area contributed by atoms with E-state index in [9.17, 15) is 4.79 Å². The SMILES string of the molecule is C#CCn1c(=O)c2cnc(Nc3ccc(N4CCN(C)CC4)c(C)c3)nc2n1C1CC=C2CCC(CC)C2=N1. The van der Waals surface area contributed by atoms with Gasteiger partial charge in [-0.3, -0.25) is 9.79 Å². The molecule has 0 amide bonds. The molecule has 202 valence electrons. The summed E-state index contributed by atoms with van der Waals surface area (Å²) in [6, 6.07) is 6.35. The molecule has 2 aliphatic heterocycles. The predicted octanol–water partition coefficient (Wildman–Crippen LogP) is 4.12. The Hall–Kier alpha value is -3.90. The van der Waals surface area contributed by atoms with Gasteiger partial charge in [0.15, 0.2) is 5.65 Å². The van der Waals surface area contributed by atoms with Crippen molar-refractivity contribution in [2.24, 2.45) is 10.9 Å². The number of rotatable bonds is 6. The quantitative estimate of drug-likeness (QED) is 0.489. The van der Waals surface area contributed by atoms with E-state index in [2.05, 4.69) is 71.2 Å². The molecule has 9 nitrogen and oxygen atoms in total. The lowest BCUT2D eigenvalue weighted by Crippen LogP contribution is -2.44. The minimum atomic E-state index is -0.262. The second-order valence-corrected chi connectivity index (χ2v) is 10.9. The molecule has 2 atom stereocenters. The first-order chi connectivity index (χ1) is 19.0. The number of aliphatic imine (C=N–C) groups is 1. The van der Waals surface area contributed by atoms with E-state index in [1.807, 2.05) is 4.68 Å². The Bertz CT molecular complexity index is 1560. The highest BCUT2D eigenvalue weighted by atomic mass is 16.1. The first-order valence-corrected chi connectivity index (χ1v) is 14.0. The molecule has 1 N–H and O–H groups in total. The van der Waals surface area contributed by atoms with E-state index in [0.29, 0.717) is 29.3 Å². The molecular formula is C30H36N8O. The average molecular weight is 525 g/mol. The number of fused-ring (bicyclic) bond motifs is 2. The van der Waals surface area contributed by atoms with Crippen molar-refractivity contribution in [3.05, 3.63) is 52.0 Å². The van der Waals surface area contributed by atoms with Gasteiger partial charge in [0.1, 0.15) is 18.1 Å². The fraction of sp³-hybridized carbons (Fsp3) is 0.467. The summed E-state index contributed by atoms with van der Waals surface area (Å²) in [5.41, 5.74) is 6.26. The van der Waals surface area contributed by atoms with E-state index in [1.165, 1.54) is 22.5 Å². The van der Waals surface area contributed by atoms with Gasteiger partial charge >= 0.3 is 0 Å². The van der Waals surface area contributed by atoms with Crippen LogP contribution in [0.5, 0.6) is 0 Å². The van der Waals surface area contributed by atoms with Gasteiger partial charge < -0.3 is 15.1 Å². The predicted molar refractivity (Wildman–Crippen MR) is 157 cm³/mol. The fourth-order valence-electron chi connectivity index (χ4n) is 6.18. The molecule has 4 heterocycles. The van der Waals surface area contributed by atoms with Gasteiger partial charge in [0.05, 0.1) is 0 Å². The molecule has 39 heavy (non-hydrogen) atoms. The van der Waals surface area contributed by atoms with Crippen LogP contribution >= 0.6 is 0 Å². The normalized spacial score (nSPS) is 21.4. The third-order valence-electron chi connectivity index (χ3n) is 8.36. The number of piperazine rings is 1. The standard InChI is InChI=1S/C30H36N8O/c1-5-13-37-29(39)24-19-31-30(32-23-10-11-25(20(3)18-23)36-16-14-35(4)15-17-36)34-28(24)38(37)26-12-9-22-8-7-21(6-2)27(22)33-26/h1,9-11,18-19,21,26H,6-8,12-17H2,2-4H3,(H,31,32,34). The first-order valence-electron chi connectivity index (χ1n) is 14.0. The molecule has 1 saturated carbocycles. The van der Waals surface area contributed by atoms with E-state index in [0.717, 1.165) is 51.1 Å². The van der Waals surface area contributed by atoms with Crippen LogP contribution in [0.4, 0.5) is 17.3 Å². The first kappa shape index (κ1) is 25.4. The number of terminal acetylenes is 1. The molecule has 1 aromatic carbocycles. The topological polar surface area (TPSA) is 83.6 Å². The van der Waals surface area contributed by atoms with Crippen molar-refractivity contribution in [2.45, 2.75) is 52.2 Å². The van der Waals surface area contributed by atoms with Crippen LogP contribution in [-0.4, -0.2) is 63.2 Å². The molecule has 6 rings (SSSR count). The Morgan fingerprint density at radius 3 is 2.77 bits per heavy atom. The van der Waals surface area contributed by atoms with Crippen molar-refractivity contribution in [3.63, 3.8) is 0 Å². The van der Waals surface area contributed by atoms with Crippen molar-refractivity contribution in [2.75, 3.05) is 43.4 Å². The van der Waals surface area contributed by atoms with Crippen LogP contribution in [-0.2, 0) is 6.54 Å². The summed E-state index contributed by atoms with van der Waals surface area (Å²) < 4.78 is 3.47. The summed E-state index contributed by atoms with van der Waals surface area (Å²) in [7, 11) is 2.17. The maximum atomic E-state index is 13.3. The molecule has 0 bridgehead atoms. The van der Waals surface area contributed by atoms with Crippen LogP contribution < -0.4 is 15.8 Å². The molecular weight excluding hydrogens is 488 g/mol. The summed E-state index contributed by atoms with van der Waals surface area (Å²) in [5.74, 6) is 3.54. The van der Waals surface area contributed by atoms with Crippen molar-refractivity contribution in [1.82, 2.24) is 24.2 Å². The summed E-state index contributed by atoms with van der Waals surface area (Å²) in [6.45, 7) is 8.68. The van der Waals surface area contributed by atoms with Gasteiger partial charge in [-0.2, -0.15) is 4.98 Å². The van der Waals surface area contributed by atoms with E-state index in [4.69, 9.17) is 16.4 Å². The second kappa shape index (κ2) is 10.3. The summed E-state index contributed by atoms with van der Waals surface area (Å²) in [5, 5.41) is 3.81. The maximum Gasteiger partial charge on any atom is 0.278 e. The van der Waals surface area contributed by atoms with Gasteiger partial charge in [-0.25, -0.2) is 14.3 Å². The minimum Gasteiger partial charge on any atom is -0.369 e. The molecule has 1 aliphatic carbocycles. The highest BCUT2D eigenvalue weighted by Crippen LogP contribution is 2.37. The molecule has 3 aliphatic rings. The number of anilines is 3. The number of allylic oxidation sites excluding steroid dienone is 1. The number of aryl methyl sites for hydroxylation is 1. The van der Waals surface area contributed by atoms with E-state index in [-0.39, 0.29) is 18.3 Å².